The van der Waals surface area contributed by atoms with Gasteiger partial charge in [-0.25, -0.2) is 9.97 Å². The monoisotopic (exact) mass is 278 g/mol. The molecule has 0 saturated heterocycles. The van der Waals surface area contributed by atoms with Crippen molar-refractivity contribution in [2.24, 2.45) is 13.0 Å². The minimum absolute atomic E-state index is 0.300. The third-order valence-electron chi connectivity index (χ3n) is 2.98. The Balaban J connectivity index is 2.34. The Bertz CT molecular complexity index is 562. The number of rotatable bonds is 4. The SMILES string of the molecule is CC(C)CC(C)c1nc(Cl)cc(-c2cnn(C)c2)n1. The van der Waals surface area contributed by atoms with E-state index in [9.17, 15) is 0 Å². The molecule has 0 aliphatic rings. The fourth-order valence-electron chi connectivity index (χ4n) is 2.17. The highest BCUT2D eigenvalue weighted by atomic mass is 35.5. The Hall–Kier alpha value is -1.42. The molecule has 1 unspecified atom stereocenters. The molecule has 0 aromatic carbocycles. The molecule has 2 rings (SSSR count). The van der Waals surface area contributed by atoms with Gasteiger partial charge in [0.25, 0.3) is 0 Å². The van der Waals surface area contributed by atoms with Crippen LogP contribution in [0, 0.1) is 5.92 Å². The maximum absolute atomic E-state index is 6.11. The van der Waals surface area contributed by atoms with Crippen LogP contribution in [0.2, 0.25) is 5.15 Å². The molecule has 5 heteroatoms. The fraction of sp³-hybridized carbons (Fsp3) is 0.500. The molecule has 0 radical (unpaired) electrons. The van der Waals surface area contributed by atoms with Crippen LogP contribution in [-0.4, -0.2) is 19.7 Å². The predicted octanol–water partition coefficient (Wildman–Crippen LogP) is 3.68. The van der Waals surface area contributed by atoms with Gasteiger partial charge in [0.2, 0.25) is 0 Å². The van der Waals surface area contributed by atoms with Gasteiger partial charge >= 0.3 is 0 Å². The highest BCUT2D eigenvalue weighted by molar-refractivity contribution is 6.29. The van der Waals surface area contributed by atoms with Crippen molar-refractivity contribution in [1.29, 1.82) is 0 Å². The summed E-state index contributed by atoms with van der Waals surface area (Å²) in [6.45, 7) is 6.53. The Labute approximate surface area is 118 Å². The molecule has 0 bridgehead atoms. The van der Waals surface area contributed by atoms with E-state index < -0.39 is 0 Å². The van der Waals surface area contributed by atoms with Crippen LogP contribution in [0.1, 0.15) is 38.9 Å². The number of nitrogens with zero attached hydrogens (tertiary/aromatic N) is 4. The lowest BCUT2D eigenvalue weighted by Crippen LogP contribution is -2.05. The van der Waals surface area contributed by atoms with Crippen molar-refractivity contribution in [3.8, 4) is 11.3 Å². The summed E-state index contributed by atoms with van der Waals surface area (Å²) in [5, 5.41) is 4.64. The molecular weight excluding hydrogens is 260 g/mol. The number of hydrogen-bond donors (Lipinski definition) is 0. The van der Waals surface area contributed by atoms with Crippen LogP contribution in [0.25, 0.3) is 11.3 Å². The van der Waals surface area contributed by atoms with Crippen molar-refractivity contribution >= 4 is 11.6 Å². The summed E-state index contributed by atoms with van der Waals surface area (Å²) in [6.07, 6.45) is 4.76. The van der Waals surface area contributed by atoms with Crippen molar-refractivity contribution in [2.75, 3.05) is 0 Å². The zero-order valence-corrected chi connectivity index (χ0v) is 12.5. The van der Waals surface area contributed by atoms with Crippen LogP contribution in [0.4, 0.5) is 0 Å². The van der Waals surface area contributed by atoms with Gasteiger partial charge in [0, 0.05) is 30.8 Å². The molecule has 0 aliphatic carbocycles. The quantitative estimate of drug-likeness (QED) is 0.801. The predicted molar refractivity (Wildman–Crippen MR) is 77.1 cm³/mol. The largest absolute Gasteiger partial charge is 0.275 e. The van der Waals surface area contributed by atoms with Crippen molar-refractivity contribution in [3.63, 3.8) is 0 Å². The molecule has 102 valence electrons. The van der Waals surface area contributed by atoms with Gasteiger partial charge in [-0.2, -0.15) is 5.10 Å². The summed E-state index contributed by atoms with van der Waals surface area (Å²) in [6, 6.07) is 1.78. The molecule has 19 heavy (non-hydrogen) atoms. The second-order valence-corrected chi connectivity index (χ2v) is 5.75. The van der Waals surface area contributed by atoms with Crippen LogP contribution >= 0.6 is 11.6 Å². The Kier molecular flexibility index (Phi) is 4.20. The van der Waals surface area contributed by atoms with Crippen LogP contribution in [-0.2, 0) is 7.05 Å². The van der Waals surface area contributed by atoms with Crippen LogP contribution in [0.15, 0.2) is 18.5 Å². The molecule has 0 fully saturated rings. The molecule has 0 saturated carbocycles. The Morgan fingerprint density at radius 3 is 2.58 bits per heavy atom. The average Bonchev–Trinajstić information content (AvgIpc) is 2.74. The van der Waals surface area contributed by atoms with Gasteiger partial charge in [-0.3, -0.25) is 4.68 Å². The first kappa shape index (κ1) is 14.0. The molecule has 0 N–H and O–H groups in total. The summed E-state index contributed by atoms with van der Waals surface area (Å²) < 4.78 is 1.75. The summed E-state index contributed by atoms with van der Waals surface area (Å²) in [7, 11) is 1.88. The van der Waals surface area contributed by atoms with Crippen molar-refractivity contribution < 1.29 is 0 Å². The highest BCUT2D eigenvalue weighted by Gasteiger charge is 2.14. The molecule has 1 atom stereocenters. The van der Waals surface area contributed by atoms with Crippen molar-refractivity contribution in [2.45, 2.75) is 33.1 Å². The minimum atomic E-state index is 0.300. The normalized spacial score (nSPS) is 12.9. The third-order valence-corrected chi connectivity index (χ3v) is 3.17. The summed E-state index contributed by atoms with van der Waals surface area (Å²) in [5.41, 5.74) is 1.79. The molecular formula is C14H19ClN4. The lowest BCUT2D eigenvalue weighted by Gasteiger charge is -2.13. The van der Waals surface area contributed by atoms with E-state index in [2.05, 4.69) is 35.8 Å². The topological polar surface area (TPSA) is 43.6 Å². The molecule has 2 aromatic rings. The average molecular weight is 279 g/mol. The number of halogens is 1. The van der Waals surface area contributed by atoms with Crippen molar-refractivity contribution in [1.82, 2.24) is 19.7 Å². The smallest absolute Gasteiger partial charge is 0.133 e. The van der Waals surface area contributed by atoms with Gasteiger partial charge in [-0.05, 0) is 12.3 Å². The first-order valence-corrected chi connectivity index (χ1v) is 6.87. The first-order chi connectivity index (χ1) is 8.95. The van der Waals surface area contributed by atoms with Gasteiger partial charge in [0.1, 0.15) is 11.0 Å². The van der Waals surface area contributed by atoms with E-state index in [1.165, 1.54) is 0 Å². The van der Waals surface area contributed by atoms with Crippen LogP contribution < -0.4 is 0 Å². The second-order valence-electron chi connectivity index (χ2n) is 5.37. The summed E-state index contributed by atoms with van der Waals surface area (Å²) in [5.74, 6) is 1.72. The van der Waals surface area contributed by atoms with Crippen LogP contribution in [0.5, 0.6) is 0 Å². The molecule has 0 spiro atoms. The Morgan fingerprint density at radius 2 is 2.00 bits per heavy atom. The summed E-state index contributed by atoms with van der Waals surface area (Å²) in [4.78, 5) is 8.97. The summed E-state index contributed by atoms with van der Waals surface area (Å²) >= 11 is 6.11. The van der Waals surface area contributed by atoms with Crippen molar-refractivity contribution in [3.05, 3.63) is 29.4 Å². The van der Waals surface area contributed by atoms with E-state index in [0.717, 1.165) is 23.5 Å². The number of aryl methyl sites for hydroxylation is 1. The maximum atomic E-state index is 6.11. The standard InChI is InChI=1S/C14H19ClN4/c1-9(2)5-10(3)14-17-12(6-13(15)18-14)11-7-16-19(4)8-11/h6-10H,5H2,1-4H3. The lowest BCUT2D eigenvalue weighted by molar-refractivity contribution is 0.507. The van der Waals surface area contributed by atoms with E-state index in [4.69, 9.17) is 11.6 Å². The van der Waals surface area contributed by atoms with E-state index in [0.29, 0.717) is 17.0 Å². The molecule has 2 aromatic heterocycles. The van der Waals surface area contributed by atoms with E-state index in [-0.39, 0.29) is 0 Å². The maximum Gasteiger partial charge on any atom is 0.133 e. The zero-order valence-electron chi connectivity index (χ0n) is 11.8. The minimum Gasteiger partial charge on any atom is -0.275 e. The Morgan fingerprint density at radius 1 is 1.26 bits per heavy atom. The van der Waals surface area contributed by atoms with E-state index in [1.807, 2.05) is 13.2 Å². The van der Waals surface area contributed by atoms with Gasteiger partial charge < -0.3 is 0 Å². The first-order valence-electron chi connectivity index (χ1n) is 6.49. The van der Waals surface area contributed by atoms with Gasteiger partial charge in [-0.15, -0.1) is 0 Å². The van der Waals surface area contributed by atoms with E-state index >= 15 is 0 Å². The van der Waals surface area contributed by atoms with E-state index in [1.54, 1.807) is 16.9 Å². The fourth-order valence-corrected chi connectivity index (χ4v) is 2.36. The molecule has 0 amide bonds. The highest BCUT2D eigenvalue weighted by Crippen LogP contribution is 2.25. The molecule has 2 heterocycles. The van der Waals surface area contributed by atoms with Gasteiger partial charge in [-0.1, -0.05) is 32.4 Å². The van der Waals surface area contributed by atoms with Crippen LogP contribution in [0.3, 0.4) is 0 Å². The zero-order chi connectivity index (χ0) is 14.0. The number of aromatic nitrogens is 4. The second kappa shape index (κ2) is 5.70. The number of hydrogen-bond acceptors (Lipinski definition) is 3. The van der Waals surface area contributed by atoms with Gasteiger partial charge in [0.05, 0.1) is 11.9 Å². The van der Waals surface area contributed by atoms with Gasteiger partial charge in [0.15, 0.2) is 0 Å². The molecule has 0 aliphatic heterocycles. The molecule has 4 nitrogen and oxygen atoms in total. The third kappa shape index (κ3) is 3.53. The lowest BCUT2D eigenvalue weighted by atomic mass is 9.98.